The molecule has 0 aliphatic rings. The molecule has 0 aromatic carbocycles. The van der Waals surface area contributed by atoms with Gasteiger partial charge >= 0.3 is 5.97 Å². The van der Waals surface area contributed by atoms with Gasteiger partial charge in [0.25, 0.3) is 0 Å². The summed E-state index contributed by atoms with van der Waals surface area (Å²) >= 11 is 0. The van der Waals surface area contributed by atoms with Gasteiger partial charge in [-0.1, -0.05) is 5.11 Å². The van der Waals surface area contributed by atoms with Gasteiger partial charge in [-0.3, -0.25) is 4.79 Å². The monoisotopic (exact) mass is 217 g/mol. The number of hydrogen-bond donors (Lipinski definition) is 0. The van der Waals surface area contributed by atoms with Crippen LogP contribution in [0.2, 0.25) is 0 Å². The Morgan fingerprint density at radius 3 is 2.60 bits per heavy atom. The fourth-order valence-corrected chi connectivity index (χ4v) is 0.714. The standard InChI is InChI=1S/C8H15N3O4/c1-2-13-3-4-14-5-6-15-8(12)7-10-11-9/h2-7H2,1H3. The zero-order chi connectivity index (χ0) is 11.4. The molecule has 0 atom stereocenters. The summed E-state index contributed by atoms with van der Waals surface area (Å²) in [4.78, 5) is 13.2. The molecule has 0 heterocycles. The molecule has 7 nitrogen and oxygen atoms in total. The van der Waals surface area contributed by atoms with E-state index in [0.717, 1.165) is 0 Å². The van der Waals surface area contributed by atoms with Crippen molar-refractivity contribution in [3.8, 4) is 0 Å². The van der Waals surface area contributed by atoms with Crippen molar-refractivity contribution in [3.05, 3.63) is 10.4 Å². The second-order valence-corrected chi connectivity index (χ2v) is 2.42. The Morgan fingerprint density at radius 2 is 1.93 bits per heavy atom. The summed E-state index contributed by atoms with van der Waals surface area (Å²) in [6.07, 6.45) is 0. The third-order valence-electron chi connectivity index (χ3n) is 1.33. The first-order chi connectivity index (χ1) is 7.31. The lowest BCUT2D eigenvalue weighted by atomic mass is 10.6. The van der Waals surface area contributed by atoms with Crippen LogP contribution in [0.3, 0.4) is 0 Å². The van der Waals surface area contributed by atoms with E-state index < -0.39 is 5.97 Å². The number of nitrogens with zero attached hydrogens (tertiary/aromatic N) is 3. The Morgan fingerprint density at radius 1 is 1.27 bits per heavy atom. The van der Waals surface area contributed by atoms with Gasteiger partial charge in [-0.15, -0.1) is 0 Å². The minimum atomic E-state index is -0.554. The summed E-state index contributed by atoms with van der Waals surface area (Å²) in [7, 11) is 0. The minimum absolute atomic E-state index is 0.159. The molecule has 15 heavy (non-hydrogen) atoms. The van der Waals surface area contributed by atoms with E-state index in [1.54, 1.807) is 0 Å². The van der Waals surface area contributed by atoms with Crippen molar-refractivity contribution < 1.29 is 19.0 Å². The predicted molar refractivity (Wildman–Crippen MR) is 52.3 cm³/mol. The number of esters is 1. The Labute approximate surface area is 87.9 Å². The van der Waals surface area contributed by atoms with Crippen LogP contribution in [0.1, 0.15) is 6.92 Å². The van der Waals surface area contributed by atoms with E-state index in [9.17, 15) is 4.79 Å². The number of hydrogen-bond acceptors (Lipinski definition) is 5. The first-order valence-electron chi connectivity index (χ1n) is 4.63. The normalized spacial score (nSPS) is 9.40. The van der Waals surface area contributed by atoms with E-state index in [-0.39, 0.29) is 13.2 Å². The van der Waals surface area contributed by atoms with Crippen LogP contribution in [0.25, 0.3) is 10.4 Å². The highest BCUT2D eigenvalue weighted by molar-refractivity contribution is 5.71. The molecule has 0 spiro atoms. The van der Waals surface area contributed by atoms with Crippen LogP contribution in [-0.4, -0.2) is 45.5 Å². The molecular weight excluding hydrogens is 202 g/mol. The Bertz CT molecular complexity index is 216. The van der Waals surface area contributed by atoms with Crippen LogP contribution in [0.5, 0.6) is 0 Å². The fraction of sp³-hybridized carbons (Fsp3) is 0.875. The number of carbonyl (C=O) groups is 1. The van der Waals surface area contributed by atoms with Gasteiger partial charge in [0, 0.05) is 11.5 Å². The molecule has 0 saturated heterocycles. The van der Waals surface area contributed by atoms with Crippen molar-refractivity contribution in [2.75, 3.05) is 39.6 Å². The zero-order valence-electron chi connectivity index (χ0n) is 8.72. The predicted octanol–water partition coefficient (Wildman–Crippen LogP) is 0.893. The topological polar surface area (TPSA) is 93.5 Å². The lowest BCUT2D eigenvalue weighted by molar-refractivity contribution is -0.143. The van der Waals surface area contributed by atoms with Crippen molar-refractivity contribution in [2.45, 2.75) is 6.92 Å². The molecule has 0 aromatic heterocycles. The van der Waals surface area contributed by atoms with Crippen LogP contribution in [0.4, 0.5) is 0 Å². The molecule has 0 unspecified atom stereocenters. The smallest absolute Gasteiger partial charge is 0.311 e. The first-order valence-corrected chi connectivity index (χ1v) is 4.63. The number of rotatable bonds is 9. The van der Waals surface area contributed by atoms with E-state index in [2.05, 4.69) is 14.8 Å². The van der Waals surface area contributed by atoms with E-state index in [0.29, 0.717) is 26.4 Å². The SMILES string of the molecule is CCOCCOCCOC(=O)CN=[N+]=[N-]. The van der Waals surface area contributed by atoms with Crippen molar-refractivity contribution in [2.24, 2.45) is 5.11 Å². The second kappa shape index (κ2) is 10.8. The van der Waals surface area contributed by atoms with Gasteiger partial charge in [-0.25, -0.2) is 0 Å². The molecule has 0 aliphatic heterocycles. The highest BCUT2D eigenvalue weighted by atomic mass is 16.6. The highest BCUT2D eigenvalue weighted by Gasteiger charge is 1.99. The Hall–Kier alpha value is -1.30. The number of ether oxygens (including phenoxy) is 3. The molecule has 86 valence electrons. The lowest BCUT2D eigenvalue weighted by Crippen LogP contribution is -2.14. The van der Waals surface area contributed by atoms with Gasteiger partial charge in [0.05, 0.1) is 19.8 Å². The molecule has 0 bridgehead atoms. The summed E-state index contributed by atoms with van der Waals surface area (Å²) in [5.74, 6) is -0.554. The summed E-state index contributed by atoms with van der Waals surface area (Å²) < 4.78 is 14.8. The summed E-state index contributed by atoms with van der Waals surface area (Å²) in [5.41, 5.74) is 7.92. The summed E-state index contributed by atoms with van der Waals surface area (Å²) in [6.45, 7) is 3.75. The van der Waals surface area contributed by atoms with Crippen LogP contribution in [0.15, 0.2) is 5.11 Å². The van der Waals surface area contributed by atoms with Crippen LogP contribution in [-0.2, 0) is 19.0 Å². The van der Waals surface area contributed by atoms with Crippen molar-refractivity contribution in [1.82, 2.24) is 0 Å². The van der Waals surface area contributed by atoms with Crippen LogP contribution < -0.4 is 0 Å². The summed E-state index contributed by atoms with van der Waals surface area (Å²) in [5, 5.41) is 3.06. The molecule has 0 rings (SSSR count). The quantitative estimate of drug-likeness (QED) is 0.188. The maximum absolute atomic E-state index is 10.8. The van der Waals surface area contributed by atoms with E-state index >= 15 is 0 Å². The first kappa shape index (κ1) is 13.7. The van der Waals surface area contributed by atoms with Crippen molar-refractivity contribution >= 4 is 5.97 Å². The number of carbonyl (C=O) groups excluding carboxylic acids is 1. The van der Waals surface area contributed by atoms with Gasteiger partial charge in [-0.2, -0.15) is 0 Å². The third kappa shape index (κ3) is 10.6. The van der Waals surface area contributed by atoms with Crippen LogP contribution in [0, 0.1) is 0 Å². The maximum Gasteiger partial charge on any atom is 0.311 e. The van der Waals surface area contributed by atoms with Gasteiger partial charge in [0.2, 0.25) is 0 Å². The molecule has 0 N–H and O–H groups in total. The molecule has 0 aliphatic carbocycles. The van der Waals surface area contributed by atoms with Crippen molar-refractivity contribution in [3.63, 3.8) is 0 Å². The fourth-order valence-electron chi connectivity index (χ4n) is 0.714. The molecule has 0 radical (unpaired) electrons. The van der Waals surface area contributed by atoms with Crippen molar-refractivity contribution in [1.29, 1.82) is 0 Å². The molecular formula is C8H15N3O4. The average molecular weight is 217 g/mol. The third-order valence-corrected chi connectivity index (χ3v) is 1.33. The second-order valence-electron chi connectivity index (χ2n) is 2.42. The van der Waals surface area contributed by atoms with Gasteiger partial charge in [-0.05, 0) is 12.5 Å². The van der Waals surface area contributed by atoms with Gasteiger partial charge in [0.1, 0.15) is 13.2 Å². The Kier molecular flexibility index (Phi) is 9.84. The average Bonchev–Trinajstić information content (AvgIpc) is 2.25. The van der Waals surface area contributed by atoms with Gasteiger partial charge < -0.3 is 14.2 Å². The van der Waals surface area contributed by atoms with E-state index in [1.165, 1.54) is 0 Å². The van der Waals surface area contributed by atoms with E-state index in [4.69, 9.17) is 15.0 Å². The minimum Gasteiger partial charge on any atom is -0.463 e. The number of azide groups is 1. The maximum atomic E-state index is 10.8. The Balaban J connectivity index is 3.16. The molecule has 7 heteroatoms. The molecule has 0 amide bonds. The highest BCUT2D eigenvalue weighted by Crippen LogP contribution is 1.83. The molecule has 0 fully saturated rings. The largest absolute Gasteiger partial charge is 0.463 e. The lowest BCUT2D eigenvalue weighted by Gasteiger charge is -2.04. The molecule has 0 saturated carbocycles. The summed E-state index contributed by atoms with van der Waals surface area (Å²) in [6, 6.07) is 0. The molecule has 0 aromatic rings. The zero-order valence-corrected chi connectivity index (χ0v) is 8.72. The van der Waals surface area contributed by atoms with Crippen LogP contribution >= 0.6 is 0 Å². The van der Waals surface area contributed by atoms with Gasteiger partial charge in [0.15, 0.2) is 0 Å². The van der Waals surface area contributed by atoms with E-state index in [1.807, 2.05) is 6.92 Å².